The maximum absolute atomic E-state index is 5.78. The molecule has 2 rings (SSSR count). The second-order valence-corrected chi connectivity index (χ2v) is 6.38. The van der Waals surface area contributed by atoms with Crippen LogP contribution < -0.4 is 11.1 Å². The fourth-order valence-electron chi connectivity index (χ4n) is 2.13. The van der Waals surface area contributed by atoms with Gasteiger partial charge in [0.05, 0.1) is 6.54 Å². The number of nitrogens with zero attached hydrogens (tertiary/aromatic N) is 1. The minimum absolute atomic E-state index is 0.494. The molecule has 0 amide bonds. The Kier molecular flexibility index (Phi) is 6.34. The third-order valence-corrected chi connectivity index (χ3v) is 4.22. The minimum Gasteiger partial charge on any atom is -0.370 e. The number of rotatable bonds is 7. The molecule has 0 aliphatic rings. The number of hydrogen-bond donors (Lipinski definition) is 2. The molecule has 0 aliphatic carbocycles. The van der Waals surface area contributed by atoms with Crippen molar-refractivity contribution in [3.8, 4) is 0 Å². The first-order chi connectivity index (χ1) is 10.7. The van der Waals surface area contributed by atoms with Crippen molar-refractivity contribution in [2.24, 2.45) is 10.7 Å². The second kappa shape index (κ2) is 8.49. The highest BCUT2D eigenvalue weighted by Crippen LogP contribution is 2.22. The summed E-state index contributed by atoms with van der Waals surface area (Å²) < 4.78 is 0. The molecule has 0 heterocycles. The molecule has 0 saturated heterocycles. The fraction of sp³-hybridized carbons (Fsp3) is 0.278. The zero-order valence-electron chi connectivity index (χ0n) is 13.0. The third kappa shape index (κ3) is 5.11. The van der Waals surface area contributed by atoms with E-state index in [4.69, 9.17) is 5.73 Å². The summed E-state index contributed by atoms with van der Waals surface area (Å²) in [5.74, 6) is 2.49. The number of nitrogens with one attached hydrogen (secondary N) is 1. The van der Waals surface area contributed by atoms with E-state index in [2.05, 4.69) is 59.4 Å². The number of nitrogens with two attached hydrogens (primary N) is 1. The van der Waals surface area contributed by atoms with Crippen molar-refractivity contribution in [1.29, 1.82) is 0 Å². The van der Waals surface area contributed by atoms with Crippen molar-refractivity contribution in [2.75, 3.05) is 18.8 Å². The lowest BCUT2D eigenvalue weighted by molar-refractivity contribution is 0.946. The number of benzene rings is 2. The molecule has 0 saturated carbocycles. The van der Waals surface area contributed by atoms with Crippen LogP contribution >= 0.6 is 11.8 Å². The number of aliphatic imine (C=N–C) groups is 1. The van der Waals surface area contributed by atoms with E-state index >= 15 is 0 Å². The van der Waals surface area contributed by atoms with Gasteiger partial charge in [0.1, 0.15) is 0 Å². The predicted octanol–water partition coefficient (Wildman–Crippen LogP) is 3.55. The molecule has 116 valence electrons. The molecular weight excluding hydrogens is 290 g/mol. The summed E-state index contributed by atoms with van der Waals surface area (Å²) in [5, 5.41) is 5.77. The third-order valence-electron chi connectivity index (χ3n) is 3.21. The van der Waals surface area contributed by atoms with Gasteiger partial charge in [-0.3, -0.25) is 0 Å². The zero-order valence-corrected chi connectivity index (χ0v) is 13.8. The number of thioether (sulfide) groups is 1. The van der Waals surface area contributed by atoms with Crippen LogP contribution in [0.25, 0.3) is 10.8 Å². The highest BCUT2D eigenvalue weighted by Gasteiger charge is 2.00. The lowest BCUT2D eigenvalue weighted by Gasteiger charge is -2.08. The van der Waals surface area contributed by atoms with Gasteiger partial charge in [0.15, 0.2) is 5.96 Å². The molecule has 22 heavy (non-hydrogen) atoms. The Morgan fingerprint density at radius 2 is 2.00 bits per heavy atom. The molecule has 0 bridgehead atoms. The van der Waals surface area contributed by atoms with E-state index in [0.29, 0.717) is 12.5 Å². The molecule has 0 unspecified atom stereocenters. The molecule has 0 aliphatic heterocycles. The fourth-order valence-corrected chi connectivity index (χ4v) is 2.99. The quantitative estimate of drug-likeness (QED) is 0.356. The van der Waals surface area contributed by atoms with Gasteiger partial charge in [0, 0.05) is 18.1 Å². The highest BCUT2D eigenvalue weighted by molar-refractivity contribution is 7.98. The Balaban J connectivity index is 1.77. The van der Waals surface area contributed by atoms with Crippen molar-refractivity contribution in [2.45, 2.75) is 12.7 Å². The average molecular weight is 313 g/mol. The van der Waals surface area contributed by atoms with Crippen LogP contribution in [0.5, 0.6) is 0 Å². The summed E-state index contributed by atoms with van der Waals surface area (Å²) in [6.07, 6.45) is 0. The highest BCUT2D eigenvalue weighted by atomic mass is 32.2. The van der Waals surface area contributed by atoms with Crippen LogP contribution in [-0.4, -0.2) is 24.8 Å². The monoisotopic (exact) mass is 313 g/mol. The first kappa shape index (κ1) is 16.4. The van der Waals surface area contributed by atoms with Gasteiger partial charge in [-0.1, -0.05) is 54.6 Å². The summed E-state index contributed by atoms with van der Waals surface area (Å²) in [6.45, 7) is 7.15. The molecule has 4 heteroatoms. The van der Waals surface area contributed by atoms with E-state index < -0.39 is 0 Å². The molecule has 2 aromatic rings. The van der Waals surface area contributed by atoms with Crippen molar-refractivity contribution in [1.82, 2.24) is 5.32 Å². The topological polar surface area (TPSA) is 50.4 Å². The van der Waals surface area contributed by atoms with Crippen LogP contribution in [0.15, 0.2) is 59.6 Å². The normalized spacial score (nSPS) is 11.6. The van der Waals surface area contributed by atoms with Crippen LogP contribution in [0.2, 0.25) is 0 Å². The Morgan fingerprint density at radius 1 is 1.23 bits per heavy atom. The average Bonchev–Trinajstić information content (AvgIpc) is 2.52. The van der Waals surface area contributed by atoms with Crippen molar-refractivity contribution < 1.29 is 0 Å². The van der Waals surface area contributed by atoms with Gasteiger partial charge in [-0.2, -0.15) is 11.8 Å². The maximum Gasteiger partial charge on any atom is 0.188 e. The van der Waals surface area contributed by atoms with Crippen LogP contribution in [-0.2, 0) is 5.75 Å². The van der Waals surface area contributed by atoms with E-state index in [1.807, 2.05) is 18.7 Å². The van der Waals surface area contributed by atoms with Gasteiger partial charge >= 0.3 is 0 Å². The number of guanidine groups is 1. The van der Waals surface area contributed by atoms with Crippen LogP contribution in [0.4, 0.5) is 0 Å². The van der Waals surface area contributed by atoms with Gasteiger partial charge in [-0.05, 0) is 23.3 Å². The number of hydrogen-bond acceptors (Lipinski definition) is 2. The SMILES string of the molecule is C=C(C)CN=C(N)NCCSCc1cccc2ccccc12. The van der Waals surface area contributed by atoms with Crippen LogP contribution in [0.3, 0.4) is 0 Å². The Labute approximate surface area is 136 Å². The molecule has 3 N–H and O–H groups in total. The Bertz CT molecular complexity index is 659. The van der Waals surface area contributed by atoms with Crippen LogP contribution in [0.1, 0.15) is 12.5 Å². The lowest BCUT2D eigenvalue weighted by atomic mass is 10.1. The summed E-state index contributed by atoms with van der Waals surface area (Å²) in [4.78, 5) is 4.19. The zero-order chi connectivity index (χ0) is 15.8. The van der Waals surface area contributed by atoms with Gasteiger partial charge < -0.3 is 11.1 Å². The Morgan fingerprint density at radius 3 is 2.82 bits per heavy atom. The minimum atomic E-state index is 0.494. The van der Waals surface area contributed by atoms with Gasteiger partial charge in [-0.15, -0.1) is 0 Å². The molecule has 2 aromatic carbocycles. The van der Waals surface area contributed by atoms with Crippen molar-refractivity contribution in [3.05, 3.63) is 60.2 Å². The van der Waals surface area contributed by atoms with Crippen molar-refractivity contribution >= 4 is 28.5 Å². The van der Waals surface area contributed by atoms with Gasteiger partial charge in [0.25, 0.3) is 0 Å². The van der Waals surface area contributed by atoms with Gasteiger partial charge in [0.2, 0.25) is 0 Å². The standard InChI is InChI=1S/C18H23N3S/c1-14(2)12-21-18(19)20-10-11-22-13-16-8-5-7-15-6-3-4-9-17(15)16/h3-9H,1,10-13H2,2H3,(H3,19,20,21). The Hall–Kier alpha value is -1.94. The summed E-state index contributed by atoms with van der Waals surface area (Å²) >= 11 is 1.90. The molecule has 3 nitrogen and oxygen atoms in total. The molecule has 0 radical (unpaired) electrons. The van der Waals surface area contributed by atoms with E-state index in [9.17, 15) is 0 Å². The van der Waals surface area contributed by atoms with Crippen molar-refractivity contribution in [3.63, 3.8) is 0 Å². The molecular formula is C18H23N3S. The molecule has 0 aromatic heterocycles. The largest absolute Gasteiger partial charge is 0.370 e. The predicted molar refractivity (Wildman–Crippen MR) is 99.4 cm³/mol. The summed E-state index contributed by atoms with van der Waals surface area (Å²) in [7, 11) is 0. The van der Waals surface area contributed by atoms with Crippen LogP contribution in [0, 0.1) is 0 Å². The van der Waals surface area contributed by atoms with E-state index in [-0.39, 0.29) is 0 Å². The van der Waals surface area contributed by atoms with E-state index in [1.54, 1.807) is 0 Å². The van der Waals surface area contributed by atoms with E-state index in [0.717, 1.165) is 23.6 Å². The first-order valence-electron chi connectivity index (χ1n) is 7.39. The molecule has 0 fully saturated rings. The molecule has 0 spiro atoms. The summed E-state index contributed by atoms with van der Waals surface area (Å²) in [6, 6.07) is 15.0. The molecule has 0 atom stereocenters. The smallest absolute Gasteiger partial charge is 0.188 e. The van der Waals surface area contributed by atoms with E-state index in [1.165, 1.54) is 16.3 Å². The summed E-state index contributed by atoms with van der Waals surface area (Å²) in [5.41, 5.74) is 8.17. The van der Waals surface area contributed by atoms with Gasteiger partial charge in [-0.25, -0.2) is 4.99 Å². The number of fused-ring (bicyclic) bond motifs is 1. The maximum atomic E-state index is 5.78. The first-order valence-corrected chi connectivity index (χ1v) is 8.55. The lowest BCUT2D eigenvalue weighted by Crippen LogP contribution is -2.33. The second-order valence-electron chi connectivity index (χ2n) is 5.28.